The van der Waals surface area contributed by atoms with E-state index in [9.17, 15) is 9.59 Å². The molecule has 2 amide bonds. The van der Waals surface area contributed by atoms with E-state index >= 15 is 0 Å². The Hall–Kier alpha value is -2.04. The molecule has 0 aromatic heterocycles. The van der Waals surface area contributed by atoms with Crippen LogP contribution in [0.3, 0.4) is 0 Å². The summed E-state index contributed by atoms with van der Waals surface area (Å²) in [6, 6.07) is 8.10. The molecule has 0 radical (unpaired) electrons. The predicted octanol–water partition coefficient (Wildman–Crippen LogP) is 2.14. The van der Waals surface area contributed by atoms with Gasteiger partial charge in [-0.1, -0.05) is 12.1 Å². The van der Waals surface area contributed by atoms with Crippen LogP contribution in [0.1, 0.15) is 37.7 Å². The van der Waals surface area contributed by atoms with Crippen molar-refractivity contribution in [2.75, 3.05) is 20.2 Å². The van der Waals surface area contributed by atoms with Crippen molar-refractivity contribution in [1.82, 2.24) is 10.2 Å². The zero-order chi connectivity index (χ0) is 16.9. The SMILES string of the molecule is COc1cccc(CCC(=O)N2CCC(NC(=O)C3CC3)CC2)c1. The van der Waals surface area contributed by atoms with Gasteiger partial charge in [-0.15, -0.1) is 0 Å². The van der Waals surface area contributed by atoms with Crippen LogP contribution >= 0.6 is 0 Å². The van der Waals surface area contributed by atoms with Gasteiger partial charge < -0.3 is 15.0 Å². The van der Waals surface area contributed by atoms with E-state index < -0.39 is 0 Å². The Morgan fingerprint density at radius 1 is 1.21 bits per heavy atom. The average Bonchev–Trinajstić information content (AvgIpc) is 3.45. The maximum Gasteiger partial charge on any atom is 0.223 e. The Kier molecular flexibility index (Phi) is 5.38. The van der Waals surface area contributed by atoms with E-state index in [1.807, 2.05) is 29.2 Å². The Morgan fingerprint density at radius 3 is 2.62 bits per heavy atom. The van der Waals surface area contributed by atoms with Gasteiger partial charge >= 0.3 is 0 Å². The summed E-state index contributed by atoms with van der Waals surface area (Å²) < 4.78 is 5.21. The van der Waals surface area contributed by atoms with Crippen molar-refractivity contribution in [3.05, 3.63) is 29.8 Å². The predicted molar refractivity (Wildman–Crippen MR) is 91.8 cm³/mol. The fourth-order valence-electron chi connectivity index (χ4n) is 3.18. The number of nitrogens with one attached hydrogen (secondary N) is 1. The Bertz CT molecular complexity index is 590. The standard InChI is InChI=1S/C19H26N2O3/c1-24-17-4-2-3-14(13-17)5-8-18(22)21-11-9-16(10-12-21)20-19(23)15-6-7-15/h2-4,13,15-16H,5-12H2,1H3,(H,20,23). The van der Waals surface area contributed by atoms with Crippen molar-refractivity contribution >= 4 is 11.8 Å². The van der Waals surface area contributed by atoms with Gasteiger partial charge in [0.1, 0.15) is 5.75 Å². The molecule has 1 N–H and O–H groups in total. The highest BCUT2D eigenvalue weighted by Crippen LogP contribution is 2.29. The van der Waals surface area contributed by atoms with Gasteiger partial charge in [-0.05, 0) is 49.8 Å². The number of likely N-dealkylation sites (tertiary alicyclic amines) is 1. The van der Waals surface area contributed by atoms with Crippen LogP contribution in [0.5, 0.6) is 5.75 Å². The highest BCUT2D eigenvalue weighted by atomic mass is 16.5. The first-order chi connectivity index (χ1) is 11.7. The van der Waals surface area contributed by atoms with Gasteiger partial charge in [0.25, 0.3) is 0 Å². The van der Waals surface area contributed by atoms with E-state index in [0.29, 0.717) is 6.42 Å². The second-order valence-corrected chi connectivity index (χ2v) is 6.79. The van der Waals surface area contributed by atoms with Crippen molar-refractivity contribution in [2.24, 2.45) is 5.92 Å². The molecule has 0 unspecified atom stereocenters. The molecule has 1 heterocycles. The fourth-order valence-corrected chi connectivity index (χ4v) is 3.18. The summed E-state index contributed by atoms with van der Waals surface area (Å²) in [6.07, 6.45) is 5.05. The van der Waals surface area contributed by atoms with Crippen LogP contribution in [0, 0.1) is 5.92 Å². The maximum absolute atomic E-state index is 12.4. The van der Waals surface area contributed by atoms with Crippen LogP contribution in [0.15, 0.2) is 24.3 Å². The molecule has 1 aromatic carbocycles. The van der Waals surface area contributed by atoms with Crippen molar-refractivity contribution in [2.45, 2.75) is 44.6 Å². The Morgan fingerprint density at radius 2 is 1.96 bits per heavy atom. The molecule has 1 aromatic rings. The van der Waals surface area contributed by atoms with Crippen LogP contribution in [0.2, 0.25) is 0 Å². The quantitative estimate of drug-likeness (QED) is 0.869. The van der Waals surface area contributed by atoms with E-state index in [-0.39, 0.29) is 23.8 Å². The van der Waals surface area contributed by atoms with E-state index in [1.54, 1.807) is 7.11 Å². The van der Waals surface area contributed by atoms with E-state index in [2.05, 4.69) is 5.32 Å². The molecule has 5 nitrogen and oxygen atoms in total. The zero-order valence-corrected chi connectivity index (χ0v) is 14.3. The lowest BCUT2D eigenvalue weighted by Crippen LogP contribution is -2.47. The lowest BCUT2D eigenvalue weighted by Gasteiger charge is -2.32. The fraction of sp³-hybridized carbons (Fsp3) is 0.579. The second kappa shape index (κ2) is 7.69. The molecule has 24 heavy (non-hydrogen) atoms. The summed E-state index contributed by atoms with van der Waals surface area (Å²) in [6.45, 7) is 1.49. The summed E-state index contributed by atoms with van der Waals surface area (Å²) >= 11 is 0. The van der Waals surface area contributed by atoms with Gasteiger partial charge in [0.2, 0.25) is 11.8 Å². The number of aryl methyl sites for hydroxylation is 1. The van der Waals surface area contributed by atoms with Crippen LogP contribution in [-0.2, 0) is 16.0 Å². The summed E-state index contributed by atoms with van der Waals surface area (Å²) in [7, 11) is 1.65. The average molecular weight is 330 g/mol. The van der Waals surface area contributed by atoms with Crippen LogP contribution in [0.25, 0.3) is 0 Å². The third-order valence-corrected chi connectivity index (χ3v) is 4.90. The molecule has 0 atom stereocenters. The van der Waals surface area contributed by atoms with Gasteiger partial charge in [-0.25, -0.2) is 0 Å². The Balaban J connectivity index is 1.40. The van der Waals surface area contributed by atoms with Crippen molar-refractivity contribution in [3.63, 3.8) is 0 Å². The number of hydrogen-bond acceptors (Lipinski definition) is 3. The van der Waals surface area contributed by atoms with Crippen LogP contribution < -0.4 is 10.1 Å². The largest absolute Gasteiger partial charge is 0.497 e. The first-order valence-corrected chi connectivity index (χ1v) is 8.87. The number of benzene rings is 1. The number of carbonyl (C=O) groups is 2. The molecule has 1 saturated carbocycles. The minimum Gasteiger partial charge on any atom is -0.497 e. The molecule has 130 valence electrons. The summed E-state index contributed by atoms with van der Waals surface area (Å²) in [5.74, 6) is 1.49. The second-order valence-electron chi connectivity index (χ2n) is 6.79. The number of piperidine rings is 1. The summed E-state index contributed by atoms with van der Waals surface area (Å²) in [5.41, 5.74) is 1.12. The summed E-state index contributed by atoms with van der Waals surface area (Å²) in [5, 5.41) is 3.12. The first kappa shape index (κ1) is 16.8. The number of methoxy groups -OCH3 is 1. The van der Waals surface area contributed by atoms with Crippen molar-refractivity contribution < 1.29 is 14.3 Å². The maximum atomic E-state index is 12.4. The molecule has 2 aliphatic rings. The number of carbonyl (C=O) groups excluding carboxylic acids is 2. The van der Waals surface area contributed by atoms with Gasteiger partial charge in [0.05, 0.1) is 7.11 Å². The van der Waals surface area contributed by atoms with E-state index in [0.717, 1.165) is 56.5 Å². The number of amides is 2. The molecule has 0 bridgehead atoms. The van der Waals surface area contributed by atoms with Gasteiger partial charge in [0.15, 0.2) is 0 Å². The number of hydrogen-bond donors (Lipinski definition) is 1. The molecule has 1 saturated heterocycles. The van der Waals surface area contributed by atoms with Gasteiger partial charge in [0, 0.05) is 31.5 Å². The number of ether oxygens (including phenoxy) is 1. The molecule has 2 fully saturated rings. The van der Waals surface area contributed by atoms with E-state index in [4.69, 9.17) is 4.74 Å². The highest BCUT2D eigenvalue weighted by molar-refractivity contribution is 5.81. The van der Waals surface area contributed by atoms with Crippen molar-refractivity contribution in [3.8, 4) is 5.75 Å². The lowest BCUT2D eigenvalue weighted by atomic mass is 10.0. The molecular weight excluding hydrogens is 304 g/mol. The monoisotopic (exact) mass is 330 g/mol. The van der Waals surface area contributed by atoms with Crippen LogP contribution in [0.4, 0.5) is 0 Å². The van der Waals surface area contributed by atoms with Gasteiger partial charge in [-0.3, -0.25) is 9.59 Å². The number of nitrogens with zero attached hydrogens (tertiary/aromatic N) is 1. The third kappa shape index (κ3) is 4.49. The van der Waals surface area contributed by atoms with Gasteiger partial charge in [-0.2, -0.15) is 0 Å². The normalized spacial score (nSPS) is 18.3. The molecule has 0 spiro atoms. The van der Waals surface area contributed by atoms with E-state index in [1.165, 1.54) is 0 Å². The first-order valence-electron chi connectivity index (χ1n) is 8.87. The zero-order valence-electron chi connectivity index (χ0n) is 14.3. The smallest absolute Gasteiger partial charge is 0.223 e. The summed E-state index contributed by atoms with van der Waals surface area (Å²) in [4.78, 5) is 26.1. The lowest BCUT2D eigenvalue weighted by molar-refractivity contribution is -0.132. The number of rotatable bonds is 6. The molecule has 1 aliphatic heterocycles. The molecular formula is C19H26N2O3. The van der Waals surface area contributed by atoms with Crippen molar-refractivity contribution in [1.29, 1.82) is 0 Å². The molecule has 1 aliphatic carbocycles. The Labute approximate surface area is 143 Å². The highest BCUT2D eigenvalue weighted by Gasteiger charge is 2.32. The molecule has 5 heteroatoms. The van der Waals surface area contributed by atoms with Crippen LogP contribution in [-0.4, -0.2) is 43.0 Å². The third-order valence-electron chi connectivity index (χ3n) is 4.90. The molecule has 3 rings (SSSR count). The minimum atomic E-state index is 0.199. The topological polar surface area (TPSA) is 58.6 Å². The minimum absolute atomic E-state index is 0.199.